The van der Waals surface area contributed by atoms with Gasteiger partial charge in [0.15, 0.2) is 5.82 Å². The Bertz CT molecular complexity index is 987. The molecule has 0 unspecified atom stereocenters. The second-order valence-electron chi connectivity index (χ2n) is 8.12. The first-order valence-corrected chi connectivity index (χ1v) is 9.93. The highest BCUT2D eigenvalue weighted by molar-refractivity contribution is 5.91. The van der Waals surface area contributed by atoms with Gasteiger partial charge in [0.1, 0.15) is 5.75 Å². The summed E-state index contributed by atoms with van der Waals surface area (Å²) in [6.45, 7) is 8.48. The molecule has 0 bridgehead atoms. The Morgan fingerprint density at radius 2 is 1.73 bits per heavy atom. The summed E-state index contributed by atoms with van der Waals surface area (Å²) < 4.78 is 12.5. The van der Waals surface area contributed by atoms with Crippen LogP contribution >= 0.6 is 0 Å². The zero-order valence-electron chi connectivity index (χ0n) is 18.1. The number of hydrogen-bond acceptors (Lipinski definition) is 5. The van der Waals surface area contributed by atoms with Crippen LogP contribution in [0.4, 0.5) is 5.69 Å². The van der Waals surface area contributed by atoms with E-state index < -0.39 is 0 Å². The maximum absolute atomic E-state index is 12.2. The number of nitrogens with one attached hydrogen (secondary N) is 1. The summed E-state index contributed by atoms with van der Waals surface area (Å²) >= 11 is 0. The highest BCUT2D eigenvalue weighted by Gasteiger charge is 2.17. The summed E-state index contributed by atoms with van der Waals surface area (Å²) in [6.07, 6.45) is 0.456. The van der Waals surface area contributed by atoms with Crippen molar-refractivity contribution in [1.82, 2.24) is 14.8 Å². The molecule has 1 aromatic heterocycles. The number of amides is 1. The summed E-state index contributed by atoms with van der Waals surface area (Å²) in [5.74, 6) is 1.42. The van der Waals surface area contributed by atoms with E-state index in [0.717, 1.165) is 22.7 Å². The number of methoxy groups -OCH3 is 1. The summed E-state index contributed by atoms with van der Waals surface area (Å²) in [4.78, 5) is 16.7. The van der Waals surface area contributed by atoms with Gasteiger partial charge in [0.25, 0.3) is 0 Å². The van der Waals surface area contributed by atoms with Crippen LogP contribution in [0.25, 0.3) is 17.1 Å². The van der Waals surface area contributed by atoms with Gasteiger partial charge in [-0.1, -0.05) is 20.8 Å². The van der Waals surface area contributed by atoms with E-state index in [1.54, 1.807) is 11.8 Å². The monoisotopic (exact) mass is 408 g/mol. The van der Waals surface area contributed by atoms with Gasteiger partial charge in [0.05, 0.1) is 19.4 Å². The van der Waals surface area contributed by atoms with Gasteiger partial charge in [-0.3, -0.25) is 4.79 Å². The fraction of sp³-hybridized carbons (Fsp3) is 0.348. The van der Waals surface area contributed by atoms with Crippen molar-refractivity contribution in [3.8, 4) is 28.8 Å². The predicted octanol–water partition coefficient (Wildman–Crippen LogP) is 4.72. The van der Waals surface area contributed by atoms with E-state index in [2.05, 4.69) is 15.4 Å². The molecule has 0 aliphatic rings. The van der Waals surface area contributed by atoms with Crippen LogP contribution in [0.15, 0.2) is 48.5 Å². The van der Waals surface area contributed by atoms with Gasteiger partial charge >= 0.3 is 6.01 Å². The minimum atomic E-state index is -0.0618. The maximum atomic E-state index is 12.2. The molecule has 0 fully saturated rings. The number of rotatable bonds is 7. The zero-order chi connectivity index (χ0) is 21.7. The molecule has 0 saturated heterocycles. The fourth-order valence-electron chi connectivity index (χ4n) is 2.96. The zero-order valence-corrected chi connectivity index (χ0v) is 18.1. The van der Waals surface area contributed by atoms with Crippen molar-refractivity contribution in [3.05, 3.63) is 48.5 Å². The molecule has 0 radical (unpaired) electrons. The highest BCUT2D eigenvalue weighted by Crippen LogP contribution is 2.26. The first-order chi connectivity index (χ1) is 14.3. The number of aromatic nitrogens is 3. The van der Waals surface area contributed by atoms with Gasteiger partial charge in [-0.15, -0.1) is 5.10 Å². The SMILES string of the molecule is CCOc1nc(-c2ccc(OC)cc2)n(-c2ccc(NC(=O)CC(C)(C)C)cc2)n1. The lowest BCUT2D eigenvalue weighted by Gasteiger charge is -2.17. The van der Waals surface area contributed by atoms with Crippen molar-refractivity contribution in [2.75, 3.05) is 19.0 Å². The van der Waals surface area contributed by atoms with E-state index in [4.69, 9.17) is 9.47 Å². The Hall–Kier alpha value is -3.35. The molecule has 1 N–H and O–H groups in total. The average Bonchev–Trinajstić information content (AvgIpc) is 3.11. The van der Waals surface area contributed by atoms with Crippen molar-refractivity contribution < 1.29 is 14.3 Å². The molecule has 0 saturated carbocycles. The number of anilines is 1. The fourth-order valence-corrected chi connectivity index (χ4v) is 2.96. The predicted molar refractivity (Wildman–Crippen MR) is 117 cm³/mol. The van der Waals surface area contributed by atoms with Gasteiger partial charge in [0.2, 0.25) is 5.91 Å². The third-order valence-corrected chi connectivity index (χ3v) is 4.30. The molecule has 1 amide bonds. The van der Waals surface area contributed by atoms with Crippen LogP contribution in [0, 0.1) is 5.41 Å². The van der Waals surface area contributed by atoms with Gasteiger partial charge in [0, 0.05) is 17.7 Å². The van der Waals surface area contributed by atoms with E-state index in [9.17, 15) is 4.79 Å². The van der Waals surface area contributed by atoms with Crippen molar-refractivity contribution in [1.29, 1.82) is 0 Å². The smallest absolute Gasteiger partial charge is 0.336 e. The summed E-state index contributed by atoms with van der Waals surface area (Å²) in [5.41, 5.74) is 2.38. The number of benzene rings is 2. The second kappa shape index (κ2) is 8.98. The normalized spacial score (nSPS) is 11.2. The van der Waals surface area contributed by atoms with Crippen molar-refractivity contribution in [2.45, 2.75) is 34.1 Å². The van der Waals surface area contributed by atoms with Crippen LogP contribution in [-0.4, -0.2) is 34.4 Å². The molecule has 3 aromatic rings. The van der Waals surface area contributed by atoms with E-state index in [-0.39, 0.29) is 11.3 Å². The molecule has 7 nitrogen and oxygen atoms in total. The summed E-state index contributed by atoms with van der Waals surface area (Å²) in [7, 11) is 1.63. The van der Waals surface area contributed by atoms with Crippen LogP contribution < -0.4 is 14.8 Å². The minimum absolute atomic E-state index is 0.00596. The molecule has 0 aliphatic heterocycles. The van der Waals surface area contributed by atoms with E-state index in [1.807, 2.05) is 76.2 Å². The Kier molecular flexibility index (Phi) is 6.40. The molecule has 1 heterocycles. The average molecular weight is 409 g/mol. The summed E-state index contributed by atoms with van der Waals surface area (Å²) in [6, 6.07) is 15.4. The van der Waals surface area contributed by atoms with Crippen LogP contribution in [0.2, 0.25) is 0 Å². The third-order valence-electron chi connectivity index (χ3n) is 4.30. The van der Waals surface area contributed by atoms with Crippen LogP contribution in [0.5, 0.6) is 11.8 Å². The molecule has 7 heteroatoms. The minimum Gasteiger partial charge on any atom is -0.497 e. The molecule has 158 valence electrons. The topological polar surface area (TPSA) is 78.3 Å². The number of hydrogen-bond donors (Lipinski definition) is 1. The lowest BCUT2D eigenvalue weighted by molar-refractivity contribution is -0.117. The van der Waals surface area contributed by atoms with Gasteiger partial charge < -0.3 is 14.8 Å². The van der Waals surface area contributed by atoms with Crippen LogP contribution in [-0.2, 0) is 4.79 Å². The Morgan fingerprint density at radius 1 is 1.07 bits per heavy atom. The quantitative estimate of drug-likeness (QED) is 0.612. The number of carbonyl (C=O) groups is 1. The van der Waals surface area contributed by atoms with Crippen molar-refractivity contribution in [2.24, 2.45) is 5.41 Å². The lowest BCUT2D eigenvalue weighted by atomic mass is 9.92. The standard InChI is InChI=1S/C23H28N4O3/c1-6-30-22-25-21(16-7-13-19(29-5)14-8-16)27(26-22)18-11-9-17(10-12-18)24-20(28)15-23(2,3)4/h7-14H,6,15H2,1-5H3,(H,24,28). The molecule has 0 spiro atoms. The highest BCUT2D eigenvalue weighted by atomic mass is 16.5. The Balaban J connectivity index is 1.87. The van der Waals surface area contributed by atoms with E-state index in [0.29, 0.717) is 24.9 Å². The number of nitrogens with zero attached hydrogens (tertiary/aromatic N) is 3. The van der Waals surface area contributed by atoms with Gasteiger partial charge in [-0.25, -0.2) is 4.68 Å². The Morgan fingerprint density at radius 3 is 2.30 bits per heavy atom. The maximum Gasteiger partial charge on any atom is 0.336 e. The first kappa shape index (κ1) is 21.4. The van der Waals surface area contributed by atoms with Crippen molar-refractivity contribution in [3.63, 3.8) is 0 Å². The molecule has 30 heavy (non-hydrogen) atoms. The molecule has 3 rings (SSSR count). The molecule has 2 aromatic carbocycles. The van der Waals surface area contributed by atoms with E-state index in [1.165, 1.54) is 0 Å². The molecule has 0 aliphatic carbocycles. The lowest BCUT2D eigenvalue weighted by Crippen LogP contribution is -2.19. The second-order valence-corrected chi connectivity index (χ2v) is 8.12. The largest absolute Gasteiger partial charge is 0.497 e. The van der Waals surface area contributed by atoms with Crippen LogP contribution in [0.1, 0.15) is 34.1 Å². The summed E-state index contributed by atoms with van der Waals surface area (Å²) in [5, 5.41) is 7.43. The van der Waals surface area contributed by atoms with Gasteiger partial charge in [-0.2, -0.15) is 4.98 Å². The number of carbonyl (C=O) groups excluding carboxylic acids is 1. The van der Waals surface area contributed by atoms with Crippen LogP contribution in [0.3, 0.4) is 0 Å². The molecule has 0 atom stereocenters. The third kappa shape index (κ3) is 5.37. The number of ether oxygens (including phenoxy) is 2. The van der Waals surface area contributed by atoms with E-state index >= 15 is 0 Å². The molecular formula is C23H28N4O3. The van der Waals surface area contributed by atoms with Gasteiger partial charge in [-0.05, 0) is 60.9 Å². The Labute approximate surface area is 177 Å². The first-order valence-electron chi connectivity index (χ1n) is 9.93. The molecular weight excluding hydrogens is 380 g/mol. The van der Waals surface area contributed by atoms with Crippen molar-refractivity contribution >= 4 is 11.6 Å².